The molecule has 2 heteroatoms. The predicted octanol–water partition coefficient (Wildman–Crippen LogP) is 0.554. The molecule has 0 spiro atoms. The van der Waals surface area contributed by atoms with Crippen molar-refractivity contribution in [2.45, 2.75) is 13.3 Å². The summed E-state index contributed by atoms with van der Waals surface area (Å²) in [6.07, 6.45) is 0.983. The van der Waals surface area contributed by atoms with Crippen LogP contribution in [0.3, 0.4) is 0 Å². The summed E-state index contributed by atoms with van der Waals surface area (Å²) < 4.78 is 0. The summed E-state index contributed by atoms with van der Waals surface area (Å²) in [6.45, 7) is 2.00. The van der Waals surface area contributed by atoms with Gasteiger partial charge in [-0.1, -0.05) is 0 Å². The number of nitrogens with two attached hydrogens (primary N) is 1. The van der Waals surface area contributed by atoms with Gasteiger partial charge in [-0.15, -0.1) is 0 Å². The lowest BCUT2D eigenvalue weighted by molar-refractivity contribution is 0.236. The van der Waals surface area contributed by atoms with Crippen LogP contribution >= 0.6 is 0 Å². The lowest BCUT2D eigenvalue weighted by Gasteiger charge is -1.79. The summed E-state index contributed by atoms with van der Waals surface area (Å²) in [5, 5.41) is 0. The lowest BCUT2D eigenvalue weighted by atomic mass is 10.6. The normalized spacial score (nSPS) is 18.3. The molecule has 0 saturated carbocycles. The number of rotatable bonds is 1. The molecule has 0 heterocycles. The van der Waals surface area contributed by atoms with Crippen molar-refractivity contribution >= 4 is 0 Å². The Balaban J connectivity index is 2.38. The van der Waals surface area contributed by atoms with Crippen LogP contribution in [-0.4, -0.2) is 0 Å². The highest BCUT2D eigenvalue weighted by Crippen LogP contribution is 2.28. The van der Waals surface area contributed by atoms with Gasteiger partial charge in [-0.05, 0) is 12.5 Å². The van der Waals surface area contributed by atoms with Gasteiger partial charge in [0.1, 0.15) is 5.76 Å². The predicted molar refractivity (Wildman–Crippen MR) is 22.6 cm³/mol. The summed E-state index contributed by atoms with van der Waals surface area (Å²) in [5.74, 6) is 5.72. The molecule has 1 aliphatic carbocycles. The number of allylic oxidation sites excluding steroid dienone is 2. The lowest BCUT2D eigenvalue weighted by Crippen LogP contribution is -1.89. The van der Waals surface area contributed by atoms with Crippen molar-refractivity contribution in [3.8, 4) is 0 Å². The average molecular weight is 85.1 g/mol. The Morgan fingerprint density at radius 2 is 2.33 bits per heavy atom. The second-order valence-electron chi connectivity index (χ2n) is 1.50. The first-order valence-corrected chi connectivity index (χ1v) is 1.90. The van der Waals surface area contributed by atoms with E-state index in [0.717, 1.165) is 12.2 Å². The Morgan fingerprint density at radius 3 is 2.33 bits per heavy atom. The fourth-order valence-corrected chi connectivity index (χ4v) is 0.339. The van der Waals surface area contributed by atoms with E-state index in [1.54, 1.807) is 0 Å². The van der Waals surface area contributed by atoms with Crippen LogP contribution in [0, 0.1) is 0 Å². The van der Waals surface area contributed by atoms with E-state index in [4.69, 9.17) is 5.90 Å². The molecule has 0 unspecified atom stereocenters. The van der Waals surface area contributed by atoms with Crippen LogP contribution in [0.25, 0.3) is 0 Å². The zero-order chi connectivity index (χ0) is 4.57. The van der Waals surface area contributed by atoms with Gasteiger partial charge >= 0.3 is 0 Å². The van der Waals surface area contributed by atoms with Crippen molar-refractivity contribution in [1.82, 2.24) is 0 Å². The van der Waals surface area contributed by atoms with Gasteiger partial charge in [0.2, 0.25) is 0 Å². The third-order valence-electron chi connectivity index (χ3n) is 0.919. The maximum absolute atomic E-state index is 4.77. The summed E-state index contributed by atoms with van der Waals surface area (Å²) in [5.41, 5.74) is 1.28. The molecule has 0 bridgehead atoms. The van der Waals surface area contributed by atoms with Crippen molar-refractivity contribution in [1.29, 1.82) is 0 Å². The average Bonchev–Trinajstić information content (AvgIpc) is 2.19. The molecule has 34 valence electrons. The zero-order valence-electron chi connectivity index (χ0n) is 3.69. The molecule has 0 radical (unpaired) electrons. The minimum absolute atomic E-state index is 0.954. The van der Waals surface area contributed by atoms with Crippen molar-refractivity contribution in [3.05, 3.63) is 11.3 Å². The van der Waals surface area contributed by atoms with Crippen molar-refractivity contribution < 1.29 is 4.84 Å². The SMILES string of the molecule is CC1=C(ON)C1. The van der Waals surface area contributed by atoms with Gasteiger partial charge in [0.15, 0.2) is 0 Å². The molecule has 1 rings (SSSR count). The molecule has 0 saturated heterocycles. The fourth-order valence-electron chi connectivity index (χ4n) is 0.339. The van der Waals surface area contributed by atoms with Crippen molar-refractivity contribution in [2.75, 3.05) is 0 Å². The van der Waals surface area contributed by atoms with E-state index in [1.165, 1.54) is 5.57 Å². The third-order valence-corrected chi connectivity index (χ3v) is 0.919. The van der Waals surface area contributed by atoms with Crippen molar-refractivity contribution in [3.63, 3.8) is 0 Å². The van der Waals surface area contributed by atoms with E-state index in [1.807, 2.05) is 6.92 Å². The Kier molecular flexibility index (Phi) is 0.601. The van der Waals surface area contributed by atoms with Crippen LogP contribution < -0.4 is 5.90 Å². The van der Waals surface area contributed by atoms with Gasteiger partial charge in [-0.3, -0.25) is 0 Å². The Hall–Kier alpha value is -0.500. The highest BCUT2D eigenvalue weighted by molar-refractivity contribution is 5.26. The van der Waals surface area contributed by atoms with Crippen molar-refractivity contribution in [2.24, 2.45) is 5.90 Å². The molecule has 0 aromatic rings. The highest BCUT2D eigenvalue weighted by Gasteiger charge is 2.16. The maximum atomic E-state index is 4.77. The summed E-state index contributed by atoms with van der Waals surface area (Å²) in [6, 6.07) is 0. The van der Waals surface area contributed by atoms with Gasteiger partial charge < -0.3 is 4.84 Å². The Morgan fingerprint density at radius 1 is 1.83 bits per heavy atom. The first-order valence-electron chi connectivity index (χ1n) is 1.90. The largest absolute Gasteiger partial charge is 0.416 e. The molecule has 2 N–H and O–H groups in total. The van der Waals surface area contributed by atoms with E-state index in [2.05, 4.69) is 4.84 Å². The minimum Gasteiger partial charge on any atom is -0.416 e. The van der Waals surface area contributed by atoms with E-state index in [0.29, 0.717) is 0 Å². The zero-order valence-corrected chi connectivity index (χ0v) is 3.69. The van der Waals surface area contributed by atoms with Gasteiger partial charge in [-0.2, -0.15) is 5.90 Å². The fraction of sp³-hybridized carbons (Fsp3) is 0.500. The highest BCUT2D eigenvalue weighted by atomic mass is 16.6. The first kappa shape index (κ1) is 3.68. The molecule has 0 fully saturated rings. The number of hydrogen-bond donors (Lipinski definition) is 1. The summed E-state index contributed by atoms with van der Waals surface area (Å²) in [7, 11) is 0. The molecule has 1 aliphatic rings. The Labute approximate surface area is 36.5 Å². The molecule has 0 aromatic heterocycles. The van der Waals surface area contributed by atoms with E-state index in [-0.39, 0.29) is 0 Å². The topological polar surface area (TPSA) is 35.2 Å². The van der Waals surface area contributed by atoms with E-state index >= 15 is 0 Å². The Bertz CT molecular complexity index is 95.7. The van der Waals surface area contributed by atoms with Gasteiger partial charge in [0.25, 0.3) is 0 Å². The summed E-state index contributed by atoms with van der Waals surface area (Å²) in [4.78, 5) is 4.35. The molecule has 0 aromatic carbocycles. The molecule has 6 heavy (non-hydrogen) atoms. The van der Waals surface area contributed by atoms with Crippen LogP contribution in [0.2, 0.25) is 0 Å². The van der Waals surface area contributed by atoms with Crippen LogP contribution in [0.1, 0.15) is 13.3 Å². The molecular formula is C4H7NO. The smallest absolute Gasteiger partial charge is 0.127 e. The monoisotopic (exact) mass is 85.1 g/mol. The van der Waals surface area contributed by atoms with Gasteiger partial charge in [0.05, 0.1) is 0 Å². The molecule has 0 amide bonds. The maximum Gasteiger partial charge on any atom is 0.127 e. The van der Waals surface area contributed by atoms with Crippen LogP contribution in [0.15, 0.2) is 11.3 Å². The van der Waals surface area contributed by atoms with Crippen LogP contribution in [-0.2, 0) is 4.84 Å². The molecular weight excluding hydrogens is 78.0 g/mol. The third kappa shape index (κ3) is 0.389. The van der Waals surface area contributed by atoms with Crippen LogP contribution in [0.4, 0.5) is 0 Å². The van der Waals surface area contributed by atoms with E-state index < -0.39 is 0 Å². The number of hydrogen-bond acceptors (Lipinski definition) is 2. The summed E-state index contributed by atoms with van der Waals surface area (Å²) >= 11 is 0. The van der Waals surface area contributed by atoms with E-state index in [9.17, 15) is 0 Å². The molecule has 0 aliphatic heterocycles. The molecule has 2 nitrogen and oxygen atoms in total. The first-order chi connectivity index (χ1) is 2.84. The van der Waals surface area contributed by atoms with Gasteiger partial charge in [0, 0.05) is 6.42 Å². The molecule has 0 atom stereocenters. The quantitative estimate of drug-likeness (QED) is 0.472. The second kappa shape index (κ2) is 0.980. The second-order valence-corrected chi connectivity index (χ2v) is 1.50. The van der Waals surface area contributed by atoms with Crippen LogP contribution in [0.5, 0.6) is 0 Å². The minimum atomic E-state index is 0.954. The van der Waals surface area contributed by atoms with Gasteiger partial charge in [-0.25, -0.2) is 0 Å². The standard InChI is InChI=1S/C4H7NO/c1-3-2-4(3)6-5/h2,5H2,1H3.